The van der Waals surface area contributed by atoms with Crippen LogP contribution in [-0.4, -0.2) is 24.4 Å². The van der Waals surface area contributed by atoms with Gasteiger partial charge in [0.25, 0.3) is 0 Å². The lowest BCUT2D eigenvalue weighted by molar-refractivity contribution is -0.00514. The van der Waals surface area contributed by atoms with Crippen molar-refractivity contribution >= 4 is 0 Å². The Hall–Kier alpha value is -0.0800. The Bertz CT molecular complexity index is 602. The molecule has 2 heteroatoms. The molecule has 0 aromatic rings. The summed E-state index contributed by atoms with van der Waals surface area (Å²) >= 11 is 0. The van der Waals surface area contributed by atoms with Crippen LogP contribution in [0.4, 0.5) is 0 Å². The predicted molar refractivity (Wildman–Crippen MR) is 190 cm³/mol. The van der Waals surface area contributed by atoms with E-state index in [2.05, 4.69) is 55.4 Å². The summed E-state index contributed by atoms with van der Waals surface area (Å²) in [6.45, 7) is 19.0. The van der Waals surface area contributed by atoms with Gasteiger partial charge in [0.1, 0.15) is 0 Å². The van der Waals surface area contributed by atoms with Crippen LogP contribution in [0.25, 0.3) is 0 Å². The zero-order chi connectivity index (χ0) is 31.6. The second-order valence-electron chi connectivity index (χ2n) is 17.1. The summed E-state index contributed by atoms with van der Waals surface area (Å²) in [5.74, 6) is 6.65. The van der Waals surface area contributed by atoms with E-state index in [0.717, 1.165) is 48.7 Å². The van der Waals surface area contributed by atoms with Gasteiger partial charge in [-0.05, 0) is 128 Å². The average Bonchev–Trinajstić information content (AvgIpc) is 3.56. The molecule has 2 nitrogen and oxygen atoms in total. The molecule has 0 saturated heterocycles. The van der Waals surface area contributed by atoms with Crippen molar-refractivity contribution in [3.8, 4) is 0 Å². The van der Waals surface area contributed by atoms with E-state index in [1.165, 1.54) is 96.3 Å². The normalized spacial score (nSPS) is 28.7. The zero-order valence-corrected chi connectivity index (χ0v) is 31.0. The average molecular weight is 605 g/mol. The highest BCUT2D eigenvalue weighted by atomic mass is 16.5. The molecule has 0 N–H and O–H groups in total. The third kappa shape index (κ3) is 17.4. The van der Waals surface area contributed by atoms with Crippen molar-refractivity contribution in [3.63, 3.8) is 0 Å². The minimum Gasteiger partial charge on any atom is -0.376 e. The largest absolute Gasteiger partial charge is 0.376 e. The molecule has 6 unspecified atom stereocenters. The molecule has 4 aliphatic carbocycles. The van der Waals surface area contributed by atoms with Gasteiger partial charge in [0.15, 0.2) is 0 Å². The molecule has 0 spiro atoms. The van der Waals surface area contributed by atoms with Crippen molar-refractivity contribution in [3.05, 3.63) is 0 Å². The number of rotatable bonds is 14. The standard InChI is InChI=1S/2C19H36O.C3H8/c2*1-19(2,3)20-15-9-5-4-6-10-16-13-14-17-11-7-8-12-18(16)17;1-3-2/h2*16-18H,4-15H2,1-3H3;3H2,1-2H3. The second kappa shape index (κ2) is 21.7. The van der Waals surface area contributed by atoms with Crippen LogP contribution in [0, 0.1) is 35.5 Å². The molecule has 0 aliphatic heterocycles. The first-order chi connectivity index (χ1) is 20.5. The van der Waals surface area contributed by atoms with Gasteiger partial charge in [0.2, 0.25) is 0 Å². The number of ether oxygens (including phenoxy) is 2. The Kier molecular flexibility index (Phi) is 19.7. The summed E-state index contributed by atoms with van der Waals surface area (Å²) < 4.78 is 11.6. The lowest BCUT2D eigenvalue weighted by Gasteiger charge is -2.29. The lowest BCUT2D eigenvalue weighted by atomic mass is 9.77. The van der Waals surface area contributed by atoms with Crippen molar-refractivity contribution in [1.29, 1.82) is 0 Å². The van der Waals surface area contributed by atoms with E-state index in [9.17, 15) is 0 Å². The molecule has 0 aromatic heterocycles. The fourth-order valence-electron chi connectivity index (χ4n) is 8.91. The van der Waals surface area contributed by atoms with Crippen LogP contribution in [0.1, 0.15) is 203 Å². The minimum absolute atomic E-state index is 0.0415. The molecule has 4 saturated carbocycles. The summed E-state index contributed by atoms with van der Waals surface area (Å²) in [6.07, 6.45) is 33.7. The smallest absolute Gasteiger partial charge is 0.0598 e. The van der Waals surface area contributed by atoms with E-state index in [-0.39, 0.29) is 11.2 Å². The number of hydrogen-bond acceptors (Lipinski definition) is 2. The molecule has 4 aliphatic rings. The van der Waals surface area contributed by atoms with Gasteiger partial charge < -0.3 is 9.47 Å². The van der Waals surface area contributed by atoms with Gasteiger partial charge in [-0.1, -0.05) is 110 Å². The van der Waals surface area contributed by atoms with Crippen LogP contribution < -0.4 is 0 Å². The van der Waals surface area contributed by atoms with E-state index >= 15 is 0 Å². The van der Waals surface area contributed by atoms with Crippen molar-refractivity contribution in [1.82, 2.24) is 0 Å². The topological polar surface area (TPSA) is 18.5 Å². The molecule has 256 valence electrons. The van der Waals surface area contributed by atoms with Gasteiger partial charge in [-0.25, -0.2) is 0 Å². The number of fused-ring (bicyclic) bond motifs is 2. The van der Waals surface area contributed by atoms with Gasteiger partial charge in [-0.3, -0.25) is 0 Å². The minimum atomic E-state index is 0.0415. The van der Waals surface area contributed by atoms with E-state index in [1.807, 2.05) is 0 Å². The molecular formula is C41H80O2. The summed E-state index contributed by atoms with van der Waals surface area (Å²) in [6, 6.07) is 0. The highest BCUT2D eigenvalue weighted by Crippen LogP contribution is 2.48. The first-order valence-electron chi connectivity index (χ1n) is 19.8. The first kappa shape index (κ1) is 39.1. The molecule has 4 fully saturated rings. The second-order valence-corrected chi connectivity index (χ2v) is 17.1. The van der Waals surface area contributed by atoms with Crippen molar-refractivity contribution in [2.24, 2.45) is 35.5 Å². The van der Waals surface area contributed by atoms with E-state index < -0.39 is 0 Å². The van der Waals surface area contributed by atoms with Crippen LogP contribution in [0.15, 0.2) is 0 Å². The van der Waals surface area contributed by atoms with Crippen LogP contribution >= 0.6 is 0 Å². The van der Waals surface area contributed by atoms with Gasteiger partial charge in [0.05, 0.1) is 11.2 Å². The SMILES string of the molecule is CC(C)(C)OCCCCCCC1CCC2CCCCC12.CC(C)(C)OCCCCCCC1CCC2CCCCC12.CCC. The molecule has 0 radical (unpaired) electrons. The summed E-state index contributed by atoms with van der Waals surface area (Å²) in [5.41, 5.74) is 0.0830. The molecule has 4 rings (SSSR count). The van der Waals surface area contributed by atoms with E-state index in [1.54, 1.807) is 51.4 Å². The third-order valence-corrected chi connectivity index (χ3v) is 11.0. The van der Waals surface area contributed by atoms with Crippen molar-refractivity contribution in [2.45, 2.75) is 214 Å². The Balaban J connectivity index is 0.000000275. The Morgan fingerprint density at radius 2 is 0.791 bits per heavy atom. The van der Waals surface area contributed by atoms with Crippen molar-refractivity contribution in [2.75, 3.05) is 13.2 Å². The van der Waals surface area contributed by atoms with Gasteiger partial charge >= 0.3 is 0 Å². The molecule has 0 amide bonds. The number of unbranched alkanes of at least 4 members (excludes halogenated alkanes) is 6. The molecule has 6 atom stereocenters. The molecule has 0 aromatic carbocycles. The Morgan fingerprint density at radius 1 is 0.442 bits per heavy atom. The van der Waals surface area contributed by atoms with Crippen molar-refractivity contribution < 1.29 is 9.47 Å². The summed E-state index contributed by atoms with van der Waals surface area (Å²) in [5, 5.41) is 0. The Labute approximate surface area is 272 Å². The highest BCUT2D eigenvalue weighted by Gasteiger charge is 2.37. The Morgan fingerprint density at radius 3 is 1.16 bits per heavy atom. The van der Waals surface area contributed by atoms with E-state index in [0.29, 0.717) is 0 Å². The van der Waals surface area contributed by atoms with Crippen LogP contribution in [-0.2, 0) is 9.47 Å². The van der Waals surface area contributed by atoms with E-state index in [4.69, 9.17) is 9.47 Å². The maximum atomic E-state index is 5.78. The molecular weight excluding hydrogens is 524 g/mol. The summed E-state index contributed by atoms with van der Waals surface area (Å²) in [7, 11) is 0. The van der Waals surface area contributed by atoms with Gasteiger partial charge in [-0.2, -0.15) is 0 Å². The third-order valence-electron chi connectivity index (χ3n) is 11.0. The van der Waals surface area contributed by atoms with Crippen LogP contribution in [0.3, 0.4) is 0 Å². The molecule has 0 bridgehead atoms. The first-order valence-corrected chi connectivity index (χ1v) is 19.8. The maximum absolute atomic E-state index is 5.78. The number of hydrogen-bond donors (Lipinski definition) is 0. The van der Waals surface area contributed by atoms with Gasteiger partial charge in [0, 0.05) is 13.2 Å². The van der Waals surface area contributed by atoms with Crippen LogP contribution in [0.2, 0.25) is 0 Å². The quantitative estimate of drug-likeness (QED) is 0.184. The molecule has 0 heterocycles. The fraction of sp³-hybridized carbons (Fsp3) is 1.00. The lowest BCUT2D eigenvalue weighted by Crippen LogP contribution is -2.19. The highest BCUT2D eigenvalue weighted by molar-refractivity contribution is 4.88. The maximum Gasteiger partial charge on any atom is 0.0598 e. The molecule has 43 heavy (non-hydrogen) atoms. The summed E-state index contributed by atoms with van der Waals surface area (Å²) in [4.78, 5) is 0. The van der Waals surface area contributed by atoms with Gasteiger partial charge in [-0.15, -0.1) is 0 Å². The zero-order valence-electron chi connectivity index (χ0n) is 31.0. The fourth-order valence-corrected chi connectivity index (χ4v) is 8.91. The predicted octanol–water partition coefficient (Wildman–Crippen LogP) is 13.4. The monoisotopic (exact) mass is 605 g/mol. The van der Waals surface area contributed by atoms with Crippen LogP contribution in [0.5, 0.6) is 0 Å².